The maximum Gasteiger partial charge on any atom is 0.243 e. The summed E-state index contributed by atoms with van der Waals surface area (Å²) in [5.41, 5.74) is 1.03. The van der Waals surface area contributed by atoms with Crippen LogP contribution in [0.15, 0.2) is 29.2 Å². The Balaban J connectivity index is 2.28. The van der Waals surface area contributed by atoms with Crippen molar-refractivity contribution in [2.45, 2.75) is 44.0 Å². The van der Waals surface area contributed by atoms with Crippen LogP contribution >= 0.6 is 0 Å². The predicted molar refractivity (Wildman–Crippen MR) is 73.4 cm³/mol. The van der Waals surface area contributed by atoms with Gasteiger partial charge in [0.25, 0.3) is 0 Å². The Morgan fingerprint density at radius 1 is 1.32 bits per heavy atom. The molecule has 0 bridgehead atoms. The molecule has 1 aliphatic rings. The highest BCUT2D eigenvalue weighted by Gasteiger charge is 2.35. The van der Waals surface area contributed by atoms with Gasteiger partial charge in [-0.2, -0.15) is 4.31 Å². The molecule has 104 valence electrons. The average molecular weight is 281 g/mol. The van der Waals surface area contributed by atoms with E-state index >= 15 is 0 Å². The number of nitrogens with zero attached hydrogens (tertiary/aromatic N) is 1. The SMILES string of the molecule is CC(=O)C[C@@H]1CCCN1S(=O)(=O)c1ccc(C)cc1. The molecule has 0 amide bonds. The lowest BCUT2D eigenvalue weighted by atomic mass is 10.1. The molecule has 1 heterocycles. The zero-order valence-corrected chi connectivity index (χ0v) is 12.1. The number of carbonyl (C=O) groups excluding carboxylic acids is 1. The molecule has 0 aliphatic carbocycles. The van der Waals surface area contributed by atoms with E-state index in [0.29, 0.717) is 17.9 Å². The first-order valence-corrected chi connectivity index (χ1v) is 7.93. The van der Waals surface area contributed by atoms with Crippen LogP contribution < -0.4 is 0 Å². The molecule has 5 heteroatoms. The van der Waals surface area contributed by atoms with Gasteiger partial charge in [0.1, 0.15) is 5.78 Å². The summed E-state index contributed by atoms with van der Waals surface area (Å²) in [6.07, 6.45) is 1.90. The molecule has 0 N–H and O–H groups in total. The number of sulfonamides is 1. The summed E-state index contributed by atoms with van der Waals surface area (Å²) >= 11 is 0. The van der Waals surface area contributed by atoms with Crippen LogP contribution in [0.4, 0.5) is 0 Å². The predicted octanol–water partition coefficient (Wildman–Crippen LogP) is 2.13. The van der Waals surface area contributed by atoms with Crippen molar-refractivity contribution < 1.29 is 13.2 Å². The van der Waals surface area contributed by atoms with E-state index in [1.165, 1.54) is 11.2 Å². The first-order chi connectivity index (χ1) is 8.91. The lowest BCUT2D eigenvalue weighted by molar-refractivity contribution is -0.117. The van der Waals surface area contributed by atoms with Crippen molar-refractivity contribution in [3.05, 3.63) is 29.8 Å². The maximum atomic E-state index is 12.6. The van der Waals surface area contributed by atoms with Crippen molar-refractivity contribution in [3.63, 3.8) is 0 Å². The number of rotatable bonds is 4. The van der Waals surface area contributed by atoms with Crippen LogP contribution in [0, 0.1) is 6.92 Å². The number of aryl methyl sites for hydroxylation is 1. The topological polar surface area (TPSA) is 54.5 Å². The Kier molecular flexibility index (Phi) is 4.06. The molecule has 1 aromatic rings. The van der Waals surface area contributed by atoms with Crippen LogP contribution in [0.1, 0.15) is 31.7 Å². The van der Waals surface area contributed by atoms with Crippen LogP contribution in [0.25, 0.3) is 0 Å². The number of Topliss-reactive ketones (excluding diaryl/α,β-unsaturated/α-hetero) is 1. The van der Waals surface area contributed by atoms with Crippen molar-refractivity contribution >= 4 is 15.8 Å². The van der Waals surface area contributed by atoms with Gasteiger partial charge in [0, 0.05) is 19.0 Å². The van der Waals surface area contributed by atoms with Crippen molar-refractivity contribution in [2.75, 3.05) is 6.54 Å². The molecule has 19 heavy (non-hydrogen) atoms. The highest BCUT2D eigenvalue weighted by molar-refractivity contribution is 7.89. The fourth-order valence-electron chi connectivity index (χ4n) is 2.51. The first-order valence-electron chi connectivity index (χ1n) is 6.49. The highest BCUT2D eigenvalue weighted by atomic mass is 32.2. The number of hydrogen-bond acceptors (Lipinski definition) is 3. The van der Waals surface area contributed by atoms with Crippen LogP contribution in [-0.2, 0) is 14.8 Å². The molecule has 1 atom stereocenters. The summed E-state index contributed by atoms with van der Waals surface area (Å²) in [6, 6.07) is 6.68. The van der Waals surface area contributed by atoms with Crippen LogP contribution in [0.3, 0.4) is 0 Å². The number of benzene rings is 1. The molecule has 2 rings (SSSR count). The van der Waals surface area contributed by atoms with E-state index in [2.05, 4.69) is 0 Å². The molecular weight excluding hydrogens is 262 g/mol. The quantitative estimate of drug-likeness (QED) is 0.849. The van der Waals surface area contributed by atoms with E-state index in [1.807, 2.05) is 6.92 Å². The van der Waals surface area contributed by atoms with E-state index in [-0.39, 0.29) is 11.8 Å². The third-order valence-corrected chi connectivity index (χ3v) is 5.44. The Hall–Kier alpha value is -1.20. The minimum Gasteiger partial charge on any atom is -0.300 e. The molecular formula is C14H19NO3S. The molecule has 1 fully saturated rings. The molecule has 0 radical (unpaired) electrons. The summed E-state index contributed by atoms with van der Waals surface area (Å²) in [5, 5.41) is 0. The fourth-order valence-corrected chi connectivity index (χ4v) is 4.20. The second-order valence-electron chi connectivity index (χ2n) is 5.13. The van der Waals surface area contributed by atoms with Gasteiger partial charge in [0.05, 0.1) is 4.90 Å². The van der Waals surface area contributed by atoms with Crippen LogP contribution in [0.2, 0.25) is 0 Å². The third kappa shape index (κ3) is 3.04. The van der Waals surface area contributed by atoms with Gasteiger partial charge in [-0.25, -0.2) is 8.42 Å². The summed E-state index contributed by atoms with van der Waals surface area (Å²) in [5.74, 6) is 0.0380. The zero-order valence-electron chi connectivity index (χ0n) is 11.3. The van der Waals surface area contributed by atoms with Gasteiger partial charge >= 0.3 is 0 Å². The highest BCUT2D eigenvalue weighted by Crippen LogP contribution is 2.28. The third-order valence-electron chi connectivity index (χ3n) is 3.47. The first kappa shape index (κ1) is 14.2. The Morgan fingerprint density at radius 2 is 1.95 bits per heavy atom. The molecule has 0 saturated carbocycles. The van der Waals surface area contributed by atoms with E-state index in [0.717, 1.165) is 18.4 Å². The normalized spacial score (nSPS) is 20.6. The summed E-state index contributed by atoms with van der Waals surface area (Å²) in [7, 11) is -3.47. The molecule has 0 aromatic heterocycles. The lowest BCUT2D eigenvalue weighted by Gasteiger charge is -2.23. The Bertz CT molecular complexity index is 563. The van der Waals surface area contributed by atoms with Gasteiger partial charge in [0.2, 0.25) is 10.0 Å². The van der Waals surface area contributed by atoms with Crippen molar-refractivity contribution in [1.82, 2.24) is 4.31 Å². The summed E-state index contributed by atoms with van der Waals surface area (Å²) < 4.78 is 26.6. The smallest absolute Gasteiger partial charge is 0.243 e. The Labute approximate surface area is 114 Å². The number of hydrogen-bond donors (Lipinski definition) is 0. The van der Waals surface area contributed by atoms with Crippen LogP contribution in [0.5, 0.6) is 0 Å². The molecule has 0 spiro atoms. The van der Waals surface area contributed by atoms with Gasteiger partial charge in [-0.15, -0.1) is 0 Å². The minimum absolute atomic E-state index is 0.0380. The van der Waals surface area contributed by atoms with Crippen molar-refractivity contribution in [3.8, 4) is 0 Å². The molecule has 1 aromatic carbocycles. The number of carbonyl (C=O) groups is 1. The monoisotopic (exact) mass is 281 g/mol. The molecule has 4 nitrogen and oxygen atoms in total. The van der Waals surface area contributed by atoms with Crippen molar-refractivity contribution in [2.24, 2.45) is 0 Å². The standard InChI is InChI=1S/C14H19NO3S/c1-11-5-7-14(8-6-11)19(17,18)15-9-3-4-13(15)10-12(2)16/h5-8,13H,3-4,9-10H2,1-2H3/t13-/m0/s1. The van der Waals surface area contributed by atoms with Gasteiger partial charge in [-0.1, -0.05) is 17.7 Å². The van der Waals surface area contributed by atoms with E-state index in [9.17, 15) is 13.2 Å². The molecule has 1 aliphatic heterocycles. The van der Waals surface area contributed by atoms with Gasteiger partial charge < -0.3 is 0 Å². The fraction of sp³-hybridized carbons (Fsp3) is 0.500. The number of ketones is 1. The van der Waals surface area contributed by atoms with E-state index in [1.54, 1.807) is 24.3 Å². The zero-order chi connectivity index (χ0) is 14.0. The molecule has 0 unspecified atom stereocenters. The Morgan fingerprint density at radius 3 is 2.53 bits per heavy atom. The van der Waals surface area contributed by atoms with E-state index < -0.39 is 10.0 Å². The van der Waals surface area contributed by atoms with E-state index in [4.69, 9.17) is 0 Å². The molecule has 1 saturated heterocycles. The van der Waals surface area contributed by atoms with Gasteiger partial charge in [-0.3, -0.25) is 4.79 Å². The second-order valence-corrected chi connectivity index (χ2v) is 7.02. The lowest BCUT2D eigenvalue weighted by Crippen LogP contribution is -2.36. The van der Waals surface area contributed by atoms with Gasteiger partial charge in [0.15, 0.2) is 0 Å². The maximum absolute atomic E-state index is 12.6. The minimum atomic E-state index is -3.47. The summed E-state index contributed by atoms with van der Waals surface area (Å²) in [6.45, 7) is 3.94. The van der Waals surface area contributed by atoms with Crippen LogP contribution in [-0.4, -0.2) is 31.1 Å². The summed E-state index contributed by atoms with van der Waals surface area (Å²) in [4.78, 5) is 11.5. The largest absolute Gasteiger partial charge is 0.300 e. The van der Waals surface area contributed by atoms with Crippen molar-refractivity contribution in [1.29, 1.82) is 0 Å². The van der Waals surface area contributed by atoms with Gasteiger partial charge in [-0.05, 0) is 38.8 Å². The average Bonchev–Trinajstić information content (AvgIpc) is 2.77. The second kappa shape index (κ2) is 5.43.